The van der Waals surface area contributed by atoms with Gasteiger partial charge in [-0.3, -0.25) is 0 Å². The first-order valence-corrected chi connectivity index (χ1v) is 6.13. The quantitative estimate of drug-likeness (QED) is 0.733. The Bertz CT molecular complexity index is 347. The molecule has 1 saturated heterocycles. The van der Waals surface area contributed by atoms with Crippen LogP contribution in [0.2, 0.25) is 0 Å². The zero-order valence-electron chi connectivity index (χ0n) is 9.91. The Morgan fingerprint density at radius 3 is 2.82 bits per heavy atom. The Hall–Kier alpha value is -1.55. The van der Waals surface area contributed by atoms with Gasteiger partial charge in [0, 0.05) is 19.1 Å². The fraction of sp³-hybridized carbons (Fsp3) is 0.462. The summed E-state index contributed by atoms with van der Waals surface area (Å²) in [7, 11) is 0. The van der Waals surface area contributed by atoms with Crippen LogP contribution >= 0.6 is 0 Å². The van der Waals surface area contributed by atoms with Gasteiger partial charge < -0.3 is 16.0 Å². The van der Waals surface area contributed by atoms with Crippen molar-refractivity contribution in [3.8, 4) is 0 Å². The van der Waals surface area contributed by atoms with Crippen LogP contribution in [0.3, 0.4) is 0 Å². The summed E-state index contributed by atoms with van der Waals surface area (Å²) >= 11 is 0. The lowest BCUT2D eigenvalue weighted by atomic mass is 10.2. The average Bonchev–Trinajstić information content (AvgIpc) is 2.88. The first-order valence-electron chi connectivity index (χ1n) is 6.13. The molecule has 1 aromatic rings. The fourth-order valence-electron chi connectivity index (χ4n) is 1.99. The second-order valence-electron chi connectivity index (χ2n) is 4.34. The van der Waals surface area contributed by atoms with Gasteiger partial charge in [0.15, 0.2) is 0 Å². The highest BCUT2D eigenvalue weighted by atomic mass is 16.2. The van der Waals surface area contributed by atoms with Gasteiger partial charge in [0.05, 0.1) is 0 Å². The number of nitrogens with one attached hydrogen (secondary N) is 3. The summed E-state index contributed by atoms with van der Waals surface area (Å²) in [5, 5.41) is 9.07. The molecule has 0 spiro atoms. The van der Waals surface area contributed by atoms with Crippen molar-refractivity contribution in [1.29, 1.82) is 0 Å². The molecule has 0 radical (unpaired) electrons. The van der Waals surface area contributed by atoms with E-state index in [0.29, 0.717) is 19.1 Å². The number of amides is 2. The molecule has 4 heteroatoms. The summed E-state index contributed by atoms with van der Waals surface area (Å²) in [6, 6.07) is 10.3. The van der Waals surface area contributed by atoms with Gasteiger partial charge in [-0.1, -0.05) is 30.3 Å². The second kappa shape index (κ2) is 6.25. The van der Waals surface area contributed by atoms with Gasteiger partial charge in [0.2, 0.25) is 0 Å². The number of benzene rings is 1. The van der Waals surface area contributed by atoms with Crippen molar-refractivity contribution in [3.63, 3.8) is 0 Å². The third kappa shape index (κ3) is 4.07. The van der Waals surface area contributed by atoms with Gasteiger partial charge in [-0.05, 0) is 24.9 Å². The predicted molar refractivity (Wildman–Crippen MR) is 67.7 cm³/mol. The van der Waals surface area contributed by atoms with Crippen LogP contribution in [0.15, 0.2) is 30.3 Å². The van der Waals surface area contributed by atoms with E-state index in [1.165, 1.54) is 6.42 Å². The lowest BCUT2D eigenvalue weighted by Crippen LogP contribution is -2.42. The van der Waals surface area contributed by atoms with E-state index in [9.17, 15) is 4.79 Å². The summed E-state index contributed by atoms with van der Waals surface area (Å²) in [6.07, 6.45) is 2.36. The van der Waals surface area contributed by atoms with E-state index in [2.05, 4.69) is 16.0 Å². The first-order chi connectivity index (χ1) is 8.34. The van der Waals surface area contributed by atoms with Gasteiger partial charge >= 0.3 is 6.03 Å². The third-order valence-corrected chi connectivity index (χ3v) is 2.97. The van der Waals surface area contributed by atoms with Gasteiger partial charge in [-0.15, -0.1) is 0 Å². The second-order valence-corrected chi connectivity index (χ2v) is 4.34. The molecule has 0 aromatic heterocycles. The van der Waals surface area contributed by atoms with Crippen molar-refractivity contribution in [1.82, 2.24) is 16.0 Å². The summed E-state index contributed by atoms with van der Waals surface area (Å²) in [5.41, 5.74) is 1.11. The third-order valence-electron chi connectivity index (χ3n) is 2.97. The van der Waals surface area contributed by atoms with E-state index >= 15 is 0 Å². The zero-order valence-corrected chi connectivity index (χ0v) is 9.91. The minimum Gasteiger partial charge on any atom is -0.337 e. The maximum absolute atomic E-state index is 11.5. The summed E-state index contributed by atoms with van der Waals surface area (Å²) in [5.74, 6) is 0. The molecule has 1 aliphatic rings. The number of carbonyl (C=O) groups excluding carboxylic acids is 1. The zero-order chi connectivity index (χ0) is 11.9. The molecule has 4 nitrogen and oxygen atoms in total. The van der Waals surface area contributed by atoms with E-state index < -0.39 is 0 Å². The SMILES string of the molecule is O=C(NCc1ccccc1)NCC1CCCN1. The van der Waals surface area contributed by atoms with Crippen molar-refractivity contribution >= 4 is 6.03 Å². The number of rotatable bonds is 4. The van der Waals surface area contributed by atoms with Crippen LogP contribution in [0.1, 0.15) is 18.4 Å². The van der Waals surface area contributed by atoms with Crippen molar-refractivity contribution in [2.75, 3.05) is 13.1 Å². The maximum atomic E-state index is 11.5. The van der Waals surface area contributed by atoms with Crippen LogP contribution in [-0.2, 0) is 6.54 Å². The van der Waals surface area contributed by atoms with Crippen LogP contribution in [0.25, 0.3) is 0 Å². The molecule has 1 fully saturated rings. The summed E-state index contributed by atoms with van der Waals surface area (Å²) < 4.78 is 0. The normalized spacial score (nSPS) is 18.9. The number of carbonyl (C=O) groups is 1. The van der Waals surface area contributed by atoms with Crippen LogP contribution in [-0.4, -0.2) is 25.2 Å². The van der Waals surface area contributed by atoms with Crippen LogP contribution in [0, 0.1) is 0 Å². The molecular weight excluding hydrogens is 214 g/mol. The molecule has 1 heterocycles. The van der Waals surface area contributed by atoms with E-state index in [1.807, 2.05) is 30.3 Å². The molecule has 1 aliphatic heterocycles. The van der Waals surface area contributed by atoms with Gasteiger partial charge in [0.25, 0.3) is 0 Å². The van der Waals surface area contributed by atoms with Crippen molar-refractivity contribution in [3.05, 3.63) is 35.9 Å². The maximum Gasteiger partial charge on any atom is 0.315 e. The molecule has 3 N–H and O–H groups in total. The molecule has 92 valence electrons. The number of hydrogen-bond acceptors (Lipinski definition) is 2. The highest BCUT2D eigenvalue weighted by molar-refractivity contribution is 5.73. The standard InChI is InChI=1S/C13H19N3O/c17-13(16-10-12-7-4-8-14-12)15-9-11-5-2-1-3-6-11/h1-3,5-6,12,14H,4,7-10H2,(H2,15,16,17). The van der Waals surface area contributed by atoms with Gasteiger partial charge in [0.1, 0.15) is 0 Å². The molecule has 17 heavy (non-hydrogen) atoms. The average molecular weight is 233 g/mol. The highest BCUT2D eigenvalue weighted by Gasteiger charge is 2.14. The topological polar surface area (TPSA) is 53.2 Å². The Labute approximate surface area is 102 Å². The molecule has 1 atom stereocenters. The van der Waals surface area contributed by atoms with E-state index in [-0.39, 0.29) is 6.03 Å². The lowest BCUT2D eigenvalue weighted by molar-refractivity contribution is 0.239. The highest BCUT2D eigenvalue weighted by Crippen LogP contribution is 2.03. The molecule has 2 amide bonds. The molecule has 1 aromatic carbocycles. The molecule has 0 bridgehead atoms. The molecule has 0 aliphatic carbocycles. The van der Waals surface area contributed by atoms with Gasteiger partial charge in [-0.25, -0.2) is 4.79 Å². The van der Waals surface area contributed by atoms with Crippen LogP contribution < -0.4 is 16.0 Å². The largest absolute Gasteiger partial charge is 0.337 e. The fourth-order valence-corrected chi connectivity index (χ4v) is 1.99. The first kappa shape index (κ1) is 11.9. The monoisotopic (exact) mass is 233 g/mol. The van der Waals surface area contributed by atoms with E-state index in [1.54, 1.807) is 0 Å². The molecular formula is C13H19N3O. The van der Waals surface area contributed by atoms with Crippen molar-refractivity contribution < 1.29 is 4.79 Å². The van der Waals surface area contributed by atoms with Crippen molar-refractivity contribution in [2.45, 2.75) is 25.4 Å². The minimum absolute atomic E-state index is 0.0949. The minimum atomic E-state index is -0.0949. The van der Waals surface area contributed by atoms with E-state index in [0.717, 1.165) is 18.5 Å². The molecule has 0 saturated carbocycles. The lowest BCUT2D eigenvalue weighted by Gasteiger charge is -2.12. The van der Waals surface area contributed by atoms with Crippen LogP contribution in [0.4, 0.5) is 4.79 Å². The van der Waals surface area contributed by atoms with Gasteiger partial charge in [-0.2, -0.15) is 0 Å². The van der Waals surface area contributed by atoms with E-state index in [4.69, 9.17) is 0 Å². The summed E-state index contributed by atoms with van der Waals surface area (Å²) in [4.78, 5) is 11.5. The number of hydrogen-bond donors (Lipinski definition) is 3. The van der Waals surface area contributed by atoms with Crippen molar-refractivity contribution in [2.24, 2.45) is 0 Å². The number of urea groups is 1. The molecule has 2 rings (SSSR count). The molecule has 1 unspecified atom stereocenters. The Balaban J connectivity index is 1.64. The van der Waals surface area contributed by atoms with Crippen LogP contribution in [0.5, 0.6) is 0 Å². The smallest absolute Gasteiger partial charge is 0.315 e. The Morgan fingerprint density at radius 2 is 2.12 bits per heavy atom. The Kier molecular flexibility index (Phi) is 4.38. The Morgan fingerprint density at radius 1 is 1.29 bits per heavy atom. The predicted octanol–water partition coefficient (Wildman–Crippen LogP) is 1.24. The summed E-state index contributed by atoms with van der Waals surface area (Å²) in [6.45, 7) is 2.35.